The molecule has 0 saturated carbocycles. The maximum absolute atomic E-state index is 12.2. The summed E-state index contributed by atoms with van der Waals surface area (Å²) in [5.41, 5.74) is 0. The summed E-state index contributed by atoms with van der Waals surface area (Å²) in [4.78, 5) is 3.69. The standard InChI is InChI=1S/C6H3Br2F2NO/c7-4-3-11-2-1-5(4)12-6(8,9)10/h1-3H. The molecule has 0 saturated heterocycles. The fraction of sp³-hybridized carbons (Fsp3) is 0.167. The van der Waals surface area contributed by atoms with Gasteiger partial charge in [-0.3, -0.25) is 4.98 Å². The topological polar surface area (TPSA) is 22.1 Å². The van der Waals surface area contributed by atoms with Crippen molar-refractivity contribution in [1.82, 2.24) is 4.98 Å². The van der Waals surface area contributed by atoms with Crippen molar-refractivity contribution in [3.8, 4) is 5.75 Å². The number of pyridine rings is 1. The van der Waals surface area contributed by atoms with E-state index in [-0.39, 0.29) is 5.75 Å². The second-order valence-electron chi connectivity index (χ2n) is 1.85. The van der Waals surface area contributed by atoms with Crippen LogP contribution in [0.4, 0.5) is 8.78 Å². The van der Waals surface area contributed by atoms with Crippen LogP contribution in [-0.4, -0.2) is 10.0 Å². The van der Waals surface area contributed by atoms with Gasteiger partial charge in [-0.2, -0.15) is 8.78 Å². The number of rotatable bonds is 2. The van der Waals surface area contributed by atoms with E-state index in [9.17, 15) is 8.78 Å². The van der Waals surface area contributed by atoms with Crippen LogP contribution >= 0.6 is 31.9 Å². The minimum absolute atomic E-state index is 0.0341. The van der Waals surface area contributed by atoms with Crippen molar-refractivity contribution in [2.24, 2.45) is 0 Å². The van der Waals surface area contributed by atoms with Crippen LogP contribution in [0, 0.1) is 0 Å². The van der Waals surface area contributed by atoms with Gasteiger partial charge in [-0.05, 0) is 22.0 Å². The summed E-state index contributed by atoms with van der Waals surface area (Å²) in [6, 6.07) is 1.33. The second kappa shape index (κ2) is 3.66. The van der Waals surface area contributed by atoms with Crippen molar-refractivity contribution in [3.63, 3.8) is 0 Å². The van der Waals surface area contributed by atoms with Gasteiger partial charge in [-0.15, -0.1) is 0 Å². The number of aromatic nitrogens is 1. The van der Waals surface area contributed by atoms with Gasteiger partial charge in [0.2, 0.25) is 0 Å². The van der Waals surface area contributed by atoms with Crippen molar-refractivity contribution >= 4 is 31.9 Å². The molecule has 2 nitrogen and oxygen atoms in total. The van der Waals surface area contributed by atoms with Crippen LogP contribution < -0.4 is 4.74 Å². The van der Waals surface area contributed by atoms with Crippen LogP contribution in [0.1, 0.15) is 0 Å². The molecule has 1 aromatic heterocycles. The van der Waals surface area contributed by atoms with Gasteiger partial charge in [0.05, 0.1) is 4.47 Å². The lowest BCUT2D eigenvalue weighted by Gasteiger charge is -2.11. The molecule has 0 amide bonds. The smallest absolute Gasteiger partial charge is 0.423 e. The first-order valence-corrected chi connectivity index (χ1v) is 4.43. The number of nitrogens with zero attached hydrogens (tertiary/aromatic N) is 1. The zero-order chi connectivity index (χ0) is 9.19. The van der Waals surface area contributed by atoms with Crippen LogP contribution in [0.2, 0.25) is 0 Å². The van der Waals surface area contributed by atoms with E-state index in [0.29, 0.717) is 4.47 Å². The van der Waals surface area contributed by atoms with E-state index in [1.165, 1.54) is 18.5 Å². The quantitative estimate of drug-likeness (QED) is 0.783. The summed E-state index contributed by atoms with van der Waals surface area (Å²) in [6.07, 6.45) is 2.73. The second-order valence-corrected chi connectivity index (χ2v) is 3.63. The van der Waals surface area contributed by atoms with E-state index in [0.717, 1.165) is 0 Å². The van der Waals surface area contributed by atoms with E-state index in [4.69, 9.17) is 0 Å². The van der Waals surface area contributed by atoms with Crippen molar-refractivity contribution in [3.05, 3.63) is 22.9 Å². The van der Waals surface area contributed by atoms with Gasteiger partial charge in [0.1, 0.15) is 5.75 Å². The molecule has 0 unspecified atom stereocenters. The third-order valence-electron chi connectivity index (χ3n) is 0.961. The van der Waals surface area contributed by atoms with Gasteiger partial charge >= 0.3 is 5.02 Å². The highest BCUT2D eigenvalue weighted by molar-refractivity contribution is 9.10. The Morgan fingerprint density at radius 1 is 1.50 bits per heavy atom. The zero-order valence-electron chi connectivity index (χ0n) is 5.60. The third kappa shape index (κ3) is 3.02. The molecule has 12 heavy (non-hydrogen) atoms. The van der Waals surface area contributed by atoms with Crippen molar-refractivity contribution in [1.29, 1.82) is 0 Å². The highest BCUT2D eigenvalue weighted by Crippen LogP contribution is 2.31. The average molecular weight is 303 g/mol. The van der Waals surface area contributed by atoms with Crippen LogP contribution in [0.3, 0.4) is 0 Å². The molecule has 66 valence electrons. The Morgan fingerprint density at radius 3 is 2.67 bits per heavy atom. The summed E-state index contributed by atoms with van der Waals surface area (Å²) < 4.78 is 29.1. The lowest BCUT2D eigenvalue weighted by Crippen LogP contribution is -2.15. The molecule has 0 atom stereocenters. The monoisotopic (exact) mass is 301 g/mol. The Balaban J connectivity index is 2.83. The first-order valence-electron chi connectivity index (χ1n) is 2.84. The summed E-state index contributed by atoms with van der Waals surface area (Å²) in [5.74, 6) is 0.0341. The minimum atomic E-state index is -3.35. The normalized spacial score (nSPS) is 11.3. The number of hydrogen-bond acceptors (Lipinski definition) is 2. The average Bonchev–Trinajstić information content (AvgIpc) is 1.91. The van der Waals surface area contributed by atoms with E-state index in [2.05, 4.69) is 41.6 Å². The summed E-state index contributed by atoms with van der Waals surface area (Å²) in [6.45, 7) is 0. The Bertz CT molecular complexity index is 276. The first kappa shape index (κ1) is 9.85. The molecule has 0 fully saturated rings. The Labute approximate surface area is 84.2 Å². The molecule has 0 bridgehead atoms. The number of ether oxygens (including phenoxy) is 1. The highest BCUT2D eigenvalue weighted by atomic mass is 79.9. The maximum atomic E-state index is 12.2. The molecule has 0 N–H and O–H groups in total. The molecule has 0 spiro atoms. The Kier molecular flexibility index (Phi) is 3.00. The number of halogens is 4. The predicted molar refractivity (Wildman–Crippen MR) is 46.4 cm³/mol. The molecule has 1 aromatic rings. The SMILES string of the molecule is FC(F)(Br)Oc1ccncc1Br. The summed E-state index contributed by atoms with van der Waals surface area (Å²) >= 11 is 5.06. The zero-order valence-corrected chi connectivity index (χ0v) is 8.77. The Morgan fingerprint density at radius 2 is 2.17 bits per heavy atom. The fourth-order valence-corrected chi connectivity index (χ4v) is 1.08. The minimum Gasteiger partial charge on any atom is -0.423 e. The maximum Gasteiger partial charge on any atom is 0.459 e. The van der Waals surface area contributed by atoms with Gasteiger partial charge in [-0.25, -0.2) is 0 Å². The molecule has 0 aliphatic carbocycles. The molecule has 0 aliphatic heterocycles. The van der Waals surface area contributed by atoms with Gasteiger partial charge in [0.15, 0.2) is 0 Å². The van der Waals surface area contributed by atoms with Crippen LogP contribution in [0.15, 0.2) is 22.9 Å². The summed E-state index contributed by atoms with van der Waals surface area (Å²) in [7, 11) is 0. The van der Waals surface area contributed by atoms with Gasteiger partial charge in [0, 0.05) is 28.3 Å². The highest BCUT2D eigenvalue weighted by Gasteiger charge is 2.27. The van der Waals surface area contributed by atoms with Gasteiger partial charge < -0.3 is 4.74 Å². The molecule has 1 heterocycles. The molecular weight excluding hydrogens is 300 g/mol. The molecule has 0 radical (unpaired) electrons. The molecular formula is C6H3Br2F2NO. The Hall–Kier alpha value is -0.230. The van der Waals surface area contributed by atoms with E-state index in [1.807, 2.05) is 0 Å². The summed E-state index contributed by atoms with van der Waals surface area (Å²) in [5, 5.41) is -3.35. The molecule has 0 aromatic carbocycles. The van der Waals surface area contributed by atoms with Gasteiger partial charge in [0.25, 0.3) is 0 Å². The van der Waals surface area contributed by atoms with E-state index < -0.39 is 5.02 Å². The lowest BCUT2D eigenvalue weighted by atomic mass is 10.5. The van der Waals surface area contributed by atoms with Crippen molar-refractivity contribution < 1.29 is 13.5 Å². The number of alkyl halides is 3. The van der Waals surface area contributed by atoms with Crippen molar-refractivity contribution in [2.75, 3.05) is 0 Å². The van der Waals surface area contributed by atoms with Crippen LogP contribution in [0.25, 0.3) is 0 Å². The van der Waals surface area contributed by atoms with E-state index >= 15 is 0 Å². The first-order chi connectivity index (χ1) is 5.49. The fourth-order valence-electron chi connectivity index (χ4n) is 0.570. The molecule has 6 heteroatoms. The number of hydrogen-bond donors (Lipinski definition) is 0. The largest absolute Gasteiger partial charge is 0.459 e. The van der Waals surface area contributed by atoms with Crippen LogP contribution in [-0.2, 0) is 0 Å². The van der Waals surface area contributed by atoms with Crippen LogP contribution in [0.5, 0.6) is 5.75 Å². The predicted octanol–water partition coefficient (Wildman–Crippen LogP) is 3.17. The molecule has 0 aliphatic rings. The molecule has 1 rings (SSSR count). The third-order valence-corrected chi connectivity index (χ3v) is 1.72. The lowest BCUT2D eigenvalue weighted by molar-refractivity contribution is -0.0808. The van der Waals surface area contributed by atoms with Crippen molar-refractivity contribution in [2.45, 2.75) is 5.02 Å². The van der Waals surface area contributed by atoms with E-state index in [1.54, 1.807) is 0 Å². The van der Waals surface area contributed by atoms with Gasteiger partial charge in [-0.1, -0.05) is 0 Å².